The minimum absolute atomic E-state index is 0.0496. The Morgan fingerprint density at radius 1 is 1.35 bits per heavy atom. The second kappa shape index (κ2) is 8.78. The Hall–Kier alpha value is -1.71. The molecule has 0 aliphatic carbocycles. The van der Waals surface area contributed by atoms with Crippen LogP contribution in [-0.4, -0.2) is 41.7 Å². The maximum Gasteiger partial charge on any atom is 0.340 e. The summed E-state index contributed by atoms with van der Waals surface area (Å²) in [6.07, 6.45) is 3.06. The van der Waals surface area contributed by atoms with Crippen LogP contribution in [-0.2, 0) is 16.0 Å². The fraction of sp³-hybridized carbons (Fsp3) is 0.412. The summed E-state index contributed by atoms with van der Waals surface area (Å²) in [7, 11) is -1.27. The molecule has 2 heterocycles. The molecule has 0 fully saturated rings. The van der Waals surface area contributed by atoms with E-state index in [9.17, 15) is 9.59 Å². The van der Waals surface area contributed by atoms with Crippen LogP contribution in [0.5, 0.6) is 0 Å². The van der Waals surface area contributed by atoms with E-state index in [-0.39, 0.29) is 6.42 Å². The summed E-state index contributed by atoms with van der Waals surface area (Å²) in [5.74, 6) is -1.28. The fourth-order valence-electron chi connectivity index (χ4n) is 1.99. The third-order valence-electron chi connectivity index (χ3n) is 3.47. The third-order valence-corrected chi connectivity index (χ3v) is 7.47. The number of hydrogen-bond donors (Lipinski definition) is 1. The van der Waals surface area contributed by atoms with Crippen LogP contribution in [0.25, 0.3) is 0 Å². The van der Waals surface area contributed by atoms with Gasteiger partial charge in [-0.1, -0.05) is 31.4 Å². The molecular weight excluding hydrogens is 388 g/mol. The number of carbonyl (C=O) groups is 2. The second-order valence-electron chi connectivity index (χ2n) is 6.98. The molecule has 2 rings (SSSR count). The Balaban J connectivity index is 2.11. The van der Waals surface area contributed by atoms with E-state index in [1.54, 1.807) is 19.2 Å². The van der Waals surface area contributed by atoms with E-state index in [0.29, 0.717) is 32.0 Å². The molecule has 0 atom stereocenters. The number of aryl methyl sites for hydroxylation is 1. The van der Waals surface area contributed by atoms with Crippen LogP contribution in [0.2, 0.25) is 25.7 Å². The first-order valence-corrected chi connectivity index (χ1v) is 13.5. The van der Waals surface area contributed by atoms with E-state index in [4.69, 9.17) is 9.84 Å². The molecule has 2 aromatic heterocycles. The predicted molar refractivity (Wildman–Crippen MR) is 105 cm³/mol. The molecule has 6 nitrogen and oxygen atoms in total. The quantitative estimate of drug-likeness (QED) is 0.517. The number of carboxylic acid groups (broad SMARTS) is 1. The Bertz CT molecular complexity index is 802. The molecule has 0 saturated heterocycles. The van der Waals surface area contributed by atoms with Gasteiger partial charge in [0.05, 0.1) is 24.3 Å². The lowest BCUT2D eigenvalue weighted by Gasteiger charge is -2.15. The average molecular weight is 411 g/mol. The van der Waals surface area contributed by atoms with Gasteiger partial charge in [-0.2, -0.15) is 0 Å². The van der Waals surface area contributed by atoms with Gasteiger partial charge in [-0.25, -0.2) is 9.78 Å². The largest absolute Gasteiger partial charge is 0.481 e. The Kier molecular flexibility index (Phi) is 6.96. The van der Waals surface area contributed by atoms with E-state index in [2.05, 4.69) is 29.6 Å². The highest BCUT2D eigenvalue weighted by Crippen LogP contribution is 2.35. The minimum atomic E-state index is -1.27. The van der Waals surface area contributed by atoms with Gasteiger partial charge in [-0.3, -0.25) is 9.78 Å². The van der Waals surface area contributed by atoms with Crippen molar-refractivity contribution in [2.24, 2.45) is 0 Å². The minimum Gasteiger partial charge on any atom is -0.481 e. The highest BCUT2D eigenvalue weighted by atomic mass is 32.2. The molecule has 2 aromatic rings. The van der Waals surface area contributed by atoms with Crippen LogP contribution >= 0.6 is 23.1 Å². The number of aliphatic carboxylic acids is 1. The molecule has 0 saturated carbocycles. The normalized spacial score (nSPS) is 11.4. The molecule has 0 radical (unpaired) electrons. The SMILES string of the molecule is Cc1nc(Sc2ccncc2C(=O)OCC[Si](C)(C)C)sc1CC(=O)O. The maximum atomic E-state index is 12.4. The van der Waals surface area contributed by atoms with E-state index >= 15 is 0 Å². The number of ether oxygens (including phenoxy) is 1. The molecule has 0 aliphatic rings. The molecule has 26 heavy (non-hydrogen) atoms. The van der Waals surface area contributed by atoms with Gasteiger partial charge in [0.1, 0.15) is 0 Å². The van der Waals surface area contributed by atoms with Crippen molar-refractivity contribution in [3.8, 4) is 0 Å². The topological polar surface area (TPSA) is 89.4 Å². The van der Waals surface area contributed by atoms with Crippen molar-refractivity contribution >= 4 is 43.1 Å². The van der Waals surface area contributed by atoms with Crippen molar-refractivity contribution in [2.75, 3.05) is 6.61 Å². The van der Waals surface area contributed by atoms with Gasteiger partial charge < -0.3 is 9.84 Å². The molecular formula is C17H22N2O4S2Si. The van der Waals surface area contributed by atoms with Gasteiger partial charge in [-0.05, 0) is 19.0 Å². The molecule has 9 heteroatoms. The first kappa shape index (κ1) is 20.6. The zero-order valence-corrected chi connectivity index (χ0v) is 17.9. The van der Waals surface area contributed by atoms with E-state index in [1.807, 2.05) is 0 Å². The Morgan fingerprint density at radius 3 is 2.73 bits per heavy atom. The van der Waals surface area contributed by atoms with Crippen LogP contribution in [0.4, 0.5) is 0 Å². The molecule has 0 aromatic carbocycles. The van der Waals surface area contributed by atoms with E-state index in [1.165, 1.54) is 29.3 Å². The highest BCUT2D eigenvalue weighted by Gasteiger charge is 2.19. The smallest absolute Gasteiger partial charge is 0.340 e. The predicted octanol–water partition coefficient (Wildman–Crippen LogP) is 4.12. The maximum absolute atomic E-state index is 12.4. The molecule has 0 unspecified atom stereocenters. The van der Waals surface area contributed by atoms with Crippen LogP contribution in [0, 0.1) is 6.92 Å². The number of pyridine rings is 1. The summed E-state index contributed by atoms with van der Waals surface area (Å²) in [6.45, 7) is 8.88. The Labute approximate surface area is 162 Å². The fourth-order valence-corrected chi connectivity index (χ4v) is 4.97. The summed E-state index contributed by atoms with van der Waals surface area (Å²) in [4.78, 5) is 33.2. The second-order valence-corrected chi connectivity index (χ2v) is 15.0. The van der Waals surface area contributed by atoms with Crippen LogP contribution in [0.15, 0.2) is 27.7 Å². The van der Waals surface area contributed by atoms with E-state index < -0.39 is 20.0 Å². The number of rotatable bonds is 8. The summed E-state index contributed by atoms with van der Waals surface area (Å²) >= 11 is 2.65. The first-order valence-electron chi connectivity index (χ1n) is 8.13. The third kappa shape index (κ3) is 6.22. The highest BCUT2D eigenvalue weighted by molar-refractivity contribution is 8.01. The number of carbonyl (C=O) groups excluding carboxylic acids is 1. The number of nitrogens with zero attached hydrogens (tertiary/aromatic N) is 2. The standard InChI is InChI=1S/C17H22N2O4S2Si/c1-11-14(9-15(20)21)25-17(19-11)24-13-5-6-18-10-12(13)16(22)23-7-8-26(2,3)4/h5-6,10H,7-9H2,1-4H3,(H,20,21). The summed E-state index contributed by atoms with van der Waals surface area (Å²) in [6, 6.07) is 2.65. The van der Waals surface area contributed by atoms with Gasteiger partial charge in [0.15, 0.2) is 4.34 Å². The zero-order chi connectivity index (χ0) is 19.3. The molecule has 140 valence electrons. The van der Waals surface area contributed by atoms with Crippen LogP contribution < -0.4 is 0 Å². The van der Waals surface area contributed by atoms with Gasteiger partial charge in [-0.15, -0.1) is 11.3 Å². The Morgan fingerprint density at radius 2 is 2.08 bits per heavy atom. The molecule has 1 N–H and O–H groups in total. The molecule has 0 spiro atoms. The van der Waals surface area contributed by atoms with Gasteiger partial charge >= 0.3 is 11.9 Å². The zero-order valence-electron chi connectivity index (χ0n) is 15.2. The van der Waals surface area contributed by atoms with E-state index in [0.717, 1.165) is 6.04 Å². The van der Waals surface area contributed by atoms with Crippen LogP contribution in [0.3, 0.4) is 0 Å². The van der Waals surface area contributed by atoms with Gasteiger partial charge in [0, 0.05) is 30.2 Å². The van der Waals surface area contributed by atoms with Crippen molar-refractivity contribution in [3.63, 3.8) is 0 Å². The van der Waals surface area contributed by atoms with Gasteiger partial charge in [0.25, 0.3) is 0 Å². The first-order chi connectivity index (χ1) is 12.2. The average Bonchev–Trinajstić information content (AvgIpc) is 2.85. The number of thiazole rings is 1. The summed E-state index contributed by atoms with van der Waals surface area (Å²) in [5.41, 5.74) is 1.11. The van der Waals surface area contributed by atoms with Crippen molar-refractivity contribution in [1.82, 2.24) is 9.97 Å². The molecule has 0 amide bonds. The monoisotopic (exact) mass is 410 g/mol. The van der Waals surface area contributed by atoms with Crippen LogP contribution in [0.1, 0.15) is 20.9 Å². The summed E-state index contributed by atoms with van der Waals surface area (Å²) < 4.78 is 6.11. The lowest BCUT2D eigenvalue weighted by Crippen LogP contribution is -2.22. The molecule has 0 aliphatic heterocycles. The lowest BCUT2D eigenvalue weighted by molar-refractivity contribution is -0.136. The van der Waals surface area contributed by atoms with Gasteiger partial charge in [0.2, 0.25) is 0 Å². The number of hydrogen-bond acceptors (Lipinski definition) is 7. The summed E-state index contributed by atoms with van der Waals surface area (Å²) in [5, 5.41) is 8.95. The van der Waals surface area contributed by atoms with Crippen molar-refractivity contribution in [2.45, 2.75) is 48.3 Å². The number of esters is 1. The number of carboxylic acids is 1. The van der Waals surface area contributed by atoms with Crippen molar-refractivity contribution in [1.29, 1.82) is 0 Å². The number of aromatic nitrogens is 2. The molecule has 0 bridgehead atoms. The lowest BCUT2D eigenvalue weighted by atomic mass is 10.3. The van der Waals surface area contributed by atoms with Crippen molar-refractivity contribution in [3.05, 3.63) is 34.6 Å². The van der Waals surface area contributed by atoms with Crippen molar-refractivity contribution < 1.29 is 19.4 Å².